The third-order valence-electron chi connectivity index (χ3n) is 3.50. The molecule has 1 aromatic carbocycles. The summed E-state index contributed by atoms with van der Waals surface area (Å²) in [7, 11) is 1.34. The van der Waals surface area contributed by atoms with Crippen molar-refractivity contribution in [1.29, 1.82) is 0 Å². The second kappa shape index (κ2) is 5.77. The van der Waals surface area contributed by atoms with Gasteiger partial charge in [0.05, 0.1) is 13.7 Å². The number of hydrogen-bond donors (Lipinski definition) is 0. The molecular weight excluding hydrogens is 302 g/mol. The van der Waals surface area contributed by atoms with Crippen LogP contribution in [0.2, 0.25) is 5.02 Å². The van der Waals surface area contributed by atoms with Crippen molar-refractivity contribution < 1.29 is 9.53 Å². The Morgan fingerprint density at radius 2 is 2.18 bits per heavy atom. The fourth-order valence-corrected chi connectivity index (χ4v) is 2.59. The first-order valence-electron chi connectivity index (χ1n) is 6.74. The summed E-state index contributed by atoms with van der Waals surface area (Å²) in [6.07, 6.45) is 1.68. The Hall–Kier alpha value is -2.40. The van der Waals surface area contributed by atoms with Gasteiger partial charge in [0, 0.05) is 11.2 Å². The number of pyridine rings is 1. The SMILES string of the molecule is COC(=O)c1nc2cccnc2n1Cc1ccc(Cl)cc1C. The minimum absolute atomic E-state index is 0.241. The van der Waals surface area contributed by atoms with Gasteiger partial charge in [0.25, 0.3) is 0 Å². The zero-order chi connectivity index (χ0) is 15.7. The smallest absolute Gasteiger partial charge is 0.374 e. The van der Waals surface area contributed by atoms with E-state index >= 15 is 0 Å². The summed E-state index contributed by atoms with van der Waals surface area (Å²) in [6.45, 7) is 2.45. The lowest BCUT2D eigenvalue weighted by Gasteiger charge is -2.10. The van der Waals surface area contributed by atoms with E-state index < -0.39 is 5.97 Å². The van der Waals surface area contributed by atoms with Crippen LogP contribution in [0.15, 0.2) is 36.5 Å². The van der Waals surface area contributed by atoms with Gasteiger partial charge in [0.15, 0.2) is 5.65 Å². The van der Waals surface area contributed by atoms with Crippen molar-refractivity contribution in [1.82, 2.24) is 14.5 Å². The highest BCUT2D eigenvalue weighted by atomic mass is 35.5. The Morgan fingerprint density at radius 1 is 1.36 bits per heavy atom. The fraction of sp³-hybridized carbons (Fsp3) is 0.188. The number of rotatable bonds is 3. The second-order valence-electron chi connectivity index (χ2n) is 4.93. The van der Waals surface area contributed by atoms with Gasteiger partial charge in [-0.1, -0.05) is 17.7 Å². The number of hydrogen-bond acceptors (Lipinski definition) is 4. The van der Waals surface area contributed by atoms with Crippen LogP contribution >= 0.6 is 11.6 Å². The van der Waals surface area contributed by atoms with Crippen molar-refractivity contribution in [2.45, 2.75) is 13.5 Å². The number of nitrogens with zero attached hydrogens (tertiary/aromatic N) is 3. The van der Waals surface area contributed by atoms with Crippen LogP contribution in [0, 0.1) is 6.92 Å². The Balaban J connectivity index is 2.14. The molecule has 0 N–H and O–H groups in total. The summed E-state index contributed by atoms with van der Waals surface area (Å²) >= 11 is 5.99. The van der Waals surface area contributed by atoms with E-state index in [1.807, 2.05) is 31.2 Å². The van der Waals surface area contributed by atoms with Gasteiger partial charge in [-0.2, -0.15) is 0 Å². The summed E-state index contributed by atoms with van der Waals surface area (Å²) < 4.78 is 6.58. The molecule has 0 aliphatic carbocycles. The number of methoxy groups -OCH3 is 1. The average molecular weight is 316 g/mol. The molecule has 0 aliphatic heterocycles. The Labute approximate surface area is 132 Å². The van der Waals surface area contributed by atoms with E-state index in [1.165, 1.54) is 7.11 Å². The molecule has 0 aliphatic rings. The molecule has 0 amide bonds. The average Bonchev–Trinajstić information content (AvgIpc) is 2.88. The van der Waals surface area contributed by atoms with Crippen LogP contribution in [-0.2, 0) is 11.3 Å². The zero-order valence-electron chi connectivity index (χ0n) is 12.2. The quantitative estimate of drug-likeness (QED) is 0.696. The molecule has 0 atom stereocenters. The van der Waals surface area contributed by atoms with Gasteiger partial charge in [0.2, 0.25) is 5.82 Å². The number of ether oxygens (including phenoxy) is 1. The number of halogens is 1. The Morgan fingerprint density at radius 3 is 2.91 bits per heavy atom. The predicted molar refractivity (Wildman–Crippen MR) is 84.2 cm³/mol. The summed E-state index contributed by atoms with van der Waals surface area (Å²) in [5, 5.41) is 0.683. The monoisotopic (exact) mass is 315 g/mol. The minimum Gasteiger partial charge on any atom is -0.463 e. The zero-order valence-corrected chi connectivity index (χ0v) is 13.0. The molecule has 0 radical (unpaired) electrons. The molecule has 112 valence electrons. The molecule has 3 rings (SSSR count). The summed E-state index contributed by atoms with van der Waals surface area (Å²) in [4.78, 5) is 20.6. The minimum atomic E-state index is -0.482. The highest BCUT2D eigenvalue weighted by Gasteiger charge is 2.19. The van der Waals surface area contributed by atoms with E-state index in [-0.39, 0.29) is 5.82 Å². The number of carbonyl (C=O) groups excluding carboxylic acids is 1. The van der Waals surface area contributed by atoms with Gasteiger partial charge >= 0.3 is 5.97 Å². The maximum atomic E-state index is 12.0. The van der Waals surface area contributed by atoms with E-state index in [4.69, 9.17) is 16.3 Å². The van der Waals surface area contributed by atoms with Gasteiger partial charge in [-0.3, -0.25) is 4.57 Å². The van der Waals surface area contributed by atoms with Crippen LogP contribution in [0.1, 0.15) is 21.7 Å². The van der Waals surface area contributed by atoms with E-state index in [1.54, 1.807) is 16.8 Å². The van der Waals surface area contributed by atoms with Crippen molar-refractivity contribution in [3.05, 3.63) is 58.5 Å². The number of esters is 1. The fourth-order valence-electron chi connectivity index (χ4n) is 2.36. The lowest BCUT2D eigenvalue weighted by molar-refractivity contribution is 0.0582. The molecule has 0 saturated heterocycles. The van der Waals surface area contributed by atoms with Crippen LogP contribution in [0.4, 0.5) is 0 Å². The summed E-state index contributed by atoms with van der Waals surface area (Å²) in [5.74, 6) is -0.241. The highest BCUT2D eigenvalue weighted by molar-refractivity contribution is 6.30. The van der Waals surface area contributed by atoms with Crippen LogP contribution < -0.4 is 0 Å². The topological polar surface area (TPSA) is 57.0 Å². The van der Waals surface area contributed by atoms with Crippen LogP contribution in [-0.4, -0.2) is 27.6 Å². The second-order valence-corrected chi connectivity index (χ2v) is 5.37. The maximum Gasteiger partial charge on any atom is 0.374 e. The molecule has 3 aromatic rings. The number of imidazole rings is 1. The van der Waals surface area contributed by atoms with Crippen molar-refractivity contribution in [3.8, 4) is 0 Å². The van der Waals surface area contributed by atoms with Crippen LogP contribution in [0.3, 0.4) is 0 Å². The molecular formula is C16H14ClN3O2. The number of aromatic nitrogens is 3. The van der Waals surface area contributed by atoms with Gasteiger partial charge in [0.1, 0.15) is 5.52 Å². The lowest BCUT2D eigenvalue weighted by Crippen LogP contribution is -2.13. The molecule has 6 heteroatoms. The van der Waals surface area contributed by atoms with E-state index in [9.17, 15) is 4.79 Å². The molecule has 0 spiro atoms. The number of fused-ring (bicyclic) bond motifs is 1. The normalized spacial score (nSPS) is 10.9. The van der Waals surface area contributed by atoms with Gasteiger partial charge in [-0.15, -0.1) is 0 Å². The first-order valence-corrected chi connectivity index (χ1v) is 7.12. The van der Waals surface area contributed by atoms with E-state index in [0.717, 1.165) is 11.1 Å². The van der Waals surface area contributed by atoms with Crippen molar-refractivity contribution in [3.63, 3.8) is 0 Å². The maximum absolute atomic E-state index is 12.0. The molecule has 22 heavy (non-hydrogen) atoms. The number of carbonyl (C=O) groups is 1. The Kier molecular flexibility index (Phi) is 3.81. The summed E-state index contributed by atoms with van der Waals surface area (Å²) in [5.41, 5.74) is 3.40. The molecule has 0 saturated carbocycles. The Bertz CT molecular complexity index is 858. The van der Waals surface area contributed by atoms with Gasteiger partial charge in [-0.25, -0.2) is 14.8 Å². The van der Waals surface area contributed by atoms with Crippen LogP contribution in [0.5, 0.6) is 0 Å². The van der Waals surface area contributed by atoms with Crippen molar-refractivity contribution in [2.75, 3.05) is 7.11 Å². The van der Waals surface area contributed by atoms with Crippen molar-refractivity contribution in [2.24, 2.45) is 0 Å². The highest BCUT2D eigenvalue weighted by Crippen LogP contribution is 2.20. The van der Waals surface area contributed by atoms with Gasteiger partial charge < -0.3 is 4.74 Å². The molecule has 2 heterocycles. The third-order valence-corrected chi connectivity index (χ3v) is 3.74. The first-order chi connectivity index (χ1) is 10.6. The van der Waals surface area contributed by atoms with E-state index in [2.05, 4.69) is 9.97 Å². The first kappa shape index (κ1) is 14.5. The van der Waals surface area contributed by atoms with Crippen LogP contribution in [0.25, 0.3) is 11.2 Å². The molecule has 0 fully saturated rings. The lowest BCUT2D eigenvalue weighted by atomic mass is 10.1. The summed E-state index contributed by atoms with van der Waals surface area (Å²) in [6, 6.07) is 9.26. The largest absolute Gasteiger partial charge is 0.463 e. The van der Waals surface area contributed by atoms with E-state index in [0.29, 0.717) is 22.7 Å². The predicted octanol–water partition coefficient (Wildman–Crippen LogP) is 3.23. The number of benzene rings is 1. The molecule has 0 bridgehead atoms. The molecule has 5 nitrogen and oxygen atoms in total. The van der Waals surface area contributed by atoms with Gasteiger partial charge in [-0.05, 0) is 42.3 Å². The number of aryl methyl sites for hydroxylation is 1. The third kappa shape index (κ3) is 2.55. The standard InChI is InChI=1S/C16H14ClN3O2/c1-10-8-12(17)6-5-11(10)9-20-14-13(4-3-7-18-14)19-15(20)16(21)22-2/h3-8H,9H2,1-2H3. The van der Waals surface area contributed by atoms with Crippen molar-refractivity contribution >= 4 is 28.7 Å². The molecule has 2 aromatic heterocycles. The molecule has 0 unspecified atom stereocenters.